The van der Waals surface area contributed by atoms with Crippen molar-refractivity contribution in [2.24, 2.45) is 0 Å². The van der Waals surface area contributed by atoms with Crippen molar-refractivity contribution in [1.29, 1.82) is 5.41 Å². The topological polar surface area (TPSA) is 87.2 Å². The number of carbonyl (C=O) groups is 1. The third kappa shape index (κ3) is 2.77. The maximum atomic E-state index is 14.5. The van der Waals surface area contributed by atoms with Gasteiger partial charge in [-0.05, 0) is 63.0 Å². The van der Waals surface area contributed by atoms with Gasteiger partial charge in [-0.25, -0.2) is 13.6 Å². The summed E-state index contributed by atoms with van der Waals surface area (Å²) in [7, 11) is -2.46. The Morgan fingerprint density at radius 2 is 1.79 bits per heavy atom. The quantitative estimate of drug-likeness (QED) is 0.514. The Morgan fingerprint density at radius 1 is 1.10 bits per heavy atom. The molecule has 0 radical (unpaired) electrons. The minimum absolute atomic E-state index is 0.00635. The second-order valence-corrected chi connectivity index (χ2v) is 12.0. The molecular formula is C22H18F2N2O2Si. The standard InChI is InChI=1S/C22H18F2N2O2Si/c1-29(2)19-9-17(25)15(23)7-13(19)21(11-5-3-4-6-12(11)22(27)28)14-8-16(24)18(26)10-20(14)29/h3-10,25H,26H2,1-2H3,(H,27,28). The maximum Gasteiger partial charge on any atom is 0.336 e. The lowest BCUT2D eigenvalue weighted by atomic mass is 9.87. The van der Waals surface area contributed by atoms with Gasteiger partial charge in [-0.15, -0.1) is 0 Å². The predicted octanol–water partition coefficient (Wildman–Crippen LogP) is 4.19. The van der Waals surface area contributed by atoms with E-state index in [4.69, 9.17) is 11.1 Å². The fourth-order valence-corrected chi connectivity index (χ4v) is 7.13. The Balaban J connectivity index is 2.20. The molecule has 1 aliphatic heterocycles. The number of aromatic carboxylic acids is 1. The summed E-state index contributed by atoms with van der Waals surface area (Å²) in [5.41, 5.74) is 7.49. The van der Waals surface area contributed by atoms with E-state index in [0.717, 1.165) is 10.4 Å². The number of nitrogens with two attached hydrogens (primary N) is 1. The lowest BCUT2D eigenvalue weighted by Gasteiger charge is -2.38. The summed E-state index contributed by atoms with van der Waals surface area (Å²) >= 11 is 0. The number of nitrogen functional groups attached to an aromatic ring is 1. The first-order valence-electron chi connectivity index (χ1n) is 8.98. The lowest BCUT2D eigenvalue weighted by Crippen LogP contribution is -2.49. The molecule has 7 heteroatoms. The van der Waals surface area contributed by atoms with E-state index in [-0.39, 0.29) is 17.0 Å². The molecule has 29 heavy (non-hydrogen) atoms. The summed E-state index contributed by atoms with van der Waals surface area (Å²) < 4.78 is 28.9. The van der Waals surface area contributed by atoms with Crippen LogP contribution in [0, 0.1) is 11.2 Å². The van der Waals surface area contributed by atoms with E-state index in [1.54, 1.807) is 24.3 Å². The highest BCUT2D eigenvalue weighted by Gasteiger charge is 2.41. The Kier molecular flexibility index (Phi) is 4.16. The molecule has 4 rings (SSSR count). The van der Waals surface area contributed by atoms with Gasteiger partial charge >= 0.3 is 5.97 Å². The average molecular weight is 408 g/mol. The number of rotatable bonds is 2. The maximum absolute atomic E-state index is 14.5. The van der Waals surface area contributed by atoms with Gasteiger partial charge in [-0.3, -0.25) is 5.41 Å². The van der Waals surface area contributed by atoms with Crippen LogP contribution in [-0.2, 0) is 0 Å². The van der Waals surface area contributed by atoms with Crippen LogP contribution in [-0.4, -0.2) is 24.9 Å². The van der Waals surface area contributed by atoms with Crippen LogP contribution in [0.1, 0.15) is 21.5 Å². The number of carboxylic acid groups (broad SMARTS) is 1. The molecule has 0 bridgehead atoms. The van der Waals surface area contributed by atoms with E-state index in [0.29, 0.717) is 22.3 Å². The predicted molar refractivity (Wildman–Crippen MR) is 112 cm³/mol. The highest BCUT2D eigenvalue weighted by atomic mass is 28.3. The van der Waals surface area contributed by atoms with Gasteiger partial charge in [0, 0.05) is 0 Å². The van der Waals surface area contributed by atoms with Crippen LogP contribution in [0.5, 0.6) is 0 Å². The van der Waals surface area contributed by atoms with Crippen LogP contribution in [0.15, 0.2) is 65.1 Å². The molecule has 4 N–H and O–H groups in total. The number of carboxylic acids is 1. The SMILES string of the molecule is C[Si]1(C)C2=CC(=N)C(F)=CC2=C(c2ccccc2C(=O)O)c2cc(F)c(N)cc21. The average Bonchev–Trinajstić information content (AvgIpc) is 2.66. The molecule has 0 atom stereocenters. The molecule has 2 aliphatic rings. The van der Waals surface area contributed by atoms with Crippen molar-refractivity contribution in [1.82, 2.24) is 0 Å². The van der Waals surface area contributed by atoms with Gasteiger partial charge in [0.05, 0.1) is 17.0 Å². The van der Waals surface area contributed by atoms with Gasteiger partial charge in [0.15, 0.2) is 0 Å². The first-order chi connectivity index (χ1) is 13.6. The molecule has 0 unspecified atom stereocenters. The summed E-state index contributed by atoms with van der Waals surface area (Å²) in [6.07, 6.45) is 2.76. The lowest BCUT2D eigenvalue weighted by molar-refractivity contribution is 0.0696. The number of halogens is 2. The van der Waals surface area contributed by atoms with Gasteiger partial charge < -0.3 is 10.8 Å². The number of allylic oxidation sites excluding steroid dienone is 5. The number of nitrogens with one attached hydrogen (secondary N) is 1. The Bertz CT molecular complexity index is 1210. The van der Waals surface area contributed by atoms with E-state index in [1.807, 2.05) is 13.1 Å². The molecule has 2 aromatic rings. The summed E-state index contributed by atoms with van der Waals surface area (Å²) in [6, 6.07) is 9.29. The van der Waals surface area contributed by atoms with Crippen molar-refractivity contribution in [3.63, 3.8) is 0 Å². The zero-order chi connectivity index (χ0) is 21.1. The Labute approximate surface area is 167 Å². The van der Waals surface area contributed by atoms with Crippen molar-refractivity contribution in [2.45, 2.75) is 13.1 Å². The number of anilines is 1. The van der Waals surface area contributed by atoms with Crippen molar-refractivity contribution < 1.29 is 18.7 Å². The molecule has 0 aromatic heterocycles. The van der Waals surface area contributed by atoms with Gasteiger partial charge in [0.2, 0.25) is 0 Å². The van der Waals surface area contributed by atoms with Crippen molar-refractivity contribution in [2.75, 3.05) is 5.73 Å². The van der Waals surface area contributed by atoms with Gasteiger partial charge in [-0.2, -0.15) is 0 Å². The third-order valence-corrected chi connectivity index (χ3v) is 9.08. The number of fused-ring (bicyclic) bond motifs is 2. The van der Waals surface area contributed by atoms with E-state index >= 15 is 0 Å². The molecule has 0 fully saturated rings. The molecule has 2 aromatic carbocycles. The first-order valence-corrected chi connectivity index (χ1v) is 12.0. The van der Waals surface area contributed by atoms with Crippen LogP contribution in [0.4, 0.5) is 14.5 Å². The van der Waals surface area contributed by atoms with Gasteiger partial charge in [-0.1, -0.05) is 31.3 Å². The fraction of sp³-hybridized carbons (Fsp3) is 0.0909. The van der Waals surface area contributed by atoms with Crippen LogP contribution >= 0.6 is 0 Å². The summed E-state index contributed by atoms with van der Waals surface area (Å²) in [6.45, 7) is 4.05. The van der Waals surface area contributed by atoms with Crippen molar-refractivity contribution >= 4 is 36.2 Å². The molecule has 1 aliphatic carbocycles. The summed E-state index contributed by atoms with van der Waals surface area (Å²) in [5.74, 6) is -2.45. The van der Waals surface area contributed by atoms with E-state index in [1.165, 1.54) is 24.3 Å². The Morgan fingerprint density at radius 3 is 2.48 bits per heavy atom. The summed E-state index contributed by atoms with van der Waals surface area (Å²) in [5, 5.41) is 19.2. The van der Waals surface area contributed by atoms with E-state index < -0.39 is 25.7 Å². The van der Waals surface area contributed by atoms with E-state index in [2.05, 4.69) is 0 Å². The fourth-order valence-electron chi connectivity index (χ4n) is 4.08. The normalized spacial score (nSPS) is 17.3. The van der Waals surface area contributed by atoms with Crippen LogP contribution in [0.25, 0.3) is 5.57 Å². The molecule has 0 amide bonds. The molecule has 1 heterocycles. The van der Waals surface area contributed by atoms with Crippen molar-refractivity contribution in [3.05, 3.63) is 87.7 Å². The molecule has 4 nitrogen and oxygen atoms in total. The summed E-state index contributed by atoms with van der Waals surface area (Å²) in [4.78, 5) is 11.9. The third-order valence-electron chi connectivity index (χ3n) is 5.56. The molecular weight excluding hydrogens is 390 g/mol. The highest BCUT2D eigenvalue weighted by Crippen LogP contribution is 2.43. The van der Waals surface area contributed by atoms with Crippen molar-refractivity contribution in [3.8, 4) is 0 Å². The zero-order valence-electron chi connectivity index (χ0n) is 15.8. The molecule has 0 spiro atoms. The molecule has 0 saturated heterocycles. The minimum atomic E-state index is -2.46. The van der Waals surface area contributed by atoms with E-state index in [9.17, 15) is 18.7 Å². The van der Waals surface area contributed by atoms with Crippen LogP contribution < -0.4 is 10.9 Å². The number of hydrogen-bond donors (Lipinski definition) is 3. The van der Waals surface area contributed by atoms with Crippen LogP contribution in [0.2, 0.25) is 13.1 Å². The zero-order valence-corrected chi connectivity index (χ0v) is 16.8. The molecule has 146 valence electrons. The second-order valence-electron chi connectivity index (χ2n) is 7.65. The van der Waals surface area contributed by atoms with Crippen LogP contribution in [0.3, 0.4) is 0 Å². The minimum Gasteiger partial charge on any atom is -0.478 e. The van der Waals surface area contributed by atoms with Gasteiger partial charge in [0.25, 0.3) is 0 Å². The number of benzene rings is 2. The Hall–Kier alpha value is -3.32. The highest BCUT2D eigenvalue weighted by molar-refractivity contribution is 6.98. The largest absolute Gasteiger partial charge is 0.478 e. The molecule has 0 saturated carbocycles. The number of hydrogen-bond acceptors (Lipinski definition) is 3. The monoisotopic (exact) mass is 408 g/mol. The smallest absolute Gasteiger partial charge is 0.336 e. The van der Waals surface area contributed by atoms with Gasteiger partial charge in [0.1, 0.15) is 19.7 Å². The second kappa shape index (κ2) is 6.35. The first kappa shape index (κ1) is 19.0.